The molecule has 2 aromatic carbocycles. The van der Waals surface area contributed by atoms with Crippen molar-refractivity contribution in [3.05, 3.63) is 95.5 Å². The minimum absolute atomic E-state index is 0.302. The standard InChI is InChI=1S/C23H16ClFN4O2S/c24-17-7-3-15(4-8-17)21-27-28-23(29(21)12-20-2-1-11-30-20)32-14-19-13-31-22(26-19)16-5-9-18(25)10-6-16/h1-11,13H,12,14H2. The average Bonchev–Trinajstić information content (AvgIpc) is 3.56. The van der Waals surface area contributed by atoms with Crippen LogP contribution in [0.25, 0.3) is 22.8 Å². The maximum absolute atomic E-state index is 13.2. The van der Waals surface area contributed by atoms with Gasteiger partial charge in [0, 0.05) is 21.9 Å². The van der Waals surface area contributed by atoms with Gasteiger partial charge in [0.1, 0.15) is 17.8 Å². The zero-order valence-electron chi connectivity index (χ0n) is 16.6. The largest absolute Gasteiger partial charge is 0.467 e. The van der Waals surface area contributed by atoms with Crippen molar-refractivity contribution in [1.29, 1.82) is 0 Å². The molecule has 5 aromatic rings. The molecule has 32 heavy (non-hydrogen) atoms. The van der Waals surface area contributed by atoms with Gasteiger partial charge in [-0.2, -0.15) is 0 Å². The minimum atomic E-state index is -0.302. The van der Waals surface area contributed by atoms with Gasteiger partial charge in [0.15, 0.2) is 11.0 Å². The molecule has 0 fully saturated rings. The second-order valence-corrected chi connectivity index (χ2v) is 8.30. The van der Waals surface area contributed by atoms with Gasteiger partial charge in [-0.05, 0) is 60.7 Å². The third kappa shape index (κ3) is 4.46. The molecular weight excluding hydrogens is 451 g/mol. The van der Waals surface area contributed by atoms with Crippen LogP contribution < -0.4 is 0 Å². The molecule has 3 aromatic heterocycles. The maximum Gasteiger partial charge on any atom is 0.226 e. The summed E-state index contributed by atoms with van der Waals surface area (Å²) in [4.78, 5) is 4.50. The number of rotatable bonds is 7. The lowest BCUT2D eigenvalue weighted by molar-refractivity contribution is 0.485. The van der Waals surface area contributed by atoms with Crippen molar-refractivity contribution in [3.8, 4) is 22.8 Å². The van der Waals surface area contributed by atoms with Crippen LogP contribution >= 0.6 is 23.4 Å². The van der Waals surface area contributed by atoms with Crippen molar-refractivity contribution in [1.82, 2.24) is 19.7 Å². The Labute approximate surface area is 192 Å². The lowest BCUT2D eigenvalue weighted by Crippen LogP contribution is -2.03. The molecule has 0 unspecified atom stereocenters. The van der Waals surface area contributed by atoms with Crippen LogP contribution in [0.1, 0.15) is 11.5 Å². The first-order valence-corrected chi connectivity index (χ1v) is 11.1. The number of halogens is 2. The second-order valence-electron chi connectivity index (χ2n) is 6.92. The number of hydrogen-bond donors (Lipinski definition) is 0. The molecule has 5 rings (SSSR count). The molecular formula is C23H16ClFN4O2S. The van der Waals surface area contributed by atoms with Crippen LogP contribution in [0.15, 0.2) is 87.2 Å². The van der Waals surface area contributed by atoms with Crippen LogP contribution in [-0.4, -0.2) is 19.7 Å². The molecule has 0 amide bonds. The summed E-state index contributed by atoms with van der Waals surface area (Å²) in [5.41, 5.74) is 2.36. The number of furan rings is 1. The number of benzene rings is 2. The van der Waals surface area contributed by atoms with Crippen LogP contribution in [0.3, 0.4) is 0 Å². The summed E-state index contributed by atoms with van der Waals surface area (Å²) in [6.45, 7) is 0.486. The Balaban J connectivity index is 1.38. The quantitative estimate of drug-likeness (QED) is 0.261. The lowest BCUT2D eigenvalue weighted by Gasteiger charge is -2.08. The number of thioether (sulfide) groups is 1. The first-order valence-electron chi connectivity index (χ1n) is 9.70. The van der Waals surface area contributed by atoms with Gasteiger partial charge in [-0.1, -0.05) is 23.4 Å². The Morgan fingerprint density at radius 2 is 1.72 bits per heavy atom. The molecule has 6 nitrogen and oxygen atoms in total. The molecule has 0 spiro atoms. The SMILES string of the molecule is Fc1ccc(-c2nc(CSc3nnc(-c4ccc(Cl)cc4)n3Cc3ccco3)co2)cc1. The highest BCUT2D eigenvalue weighted by Gasteiger charge is 2.17. The van der Waals surface area contributed by atoms with Crippen LogP contribution in [0.4, 0.5) is 4.39 Å². The molecule has 0 saturated heterocycles. The van der Waals surface area contributed by atoms with E-state index >= 15 is 0 Å². The van der Waals surface area contributed by atoms with Crippen LogP contribution in [0.2, 0.25) is 5.02 Å². The van der Waals surface area contributed by atoms with E-state index in [-0.39, 0.29) is 5.82 Å². The van der Waals surface area contributed by atoms with E-state index in [9.17, 15) is 4.39 Å². The molecule has 0 aliphatic heterocycles. The number of nitrogens with zero attached hydrogens (tertiary/aromatic N) is 4. The van der Waals surface area contributed by atoms with Crippen LogP contribution in [-0.2, 0) is 12.3 Å². The molecule has 3 heterocycles. The van der Waals surface area contributed by atoms with Crippen molar-refractivity contribution in [2.75, 3.05) is 0 Å². The summed E-state index contributed by atoms with van der Waals surface area (Å²) < 4.78 is 26.2. The predicted octanol–water partition coefficient (Wildman–Crippen LogP) is 6.33. The molecule has 0 radical (unpaired) electrons. The van der Waals surface area contributed by atoms with E-state index < -0.39 is 0 Å². The van der Waals surface area contributed by atoms with E-state index in [2.05, 4.69) is 15.2 Å². The van der Waals surface area contributed by atoms with E-state index in [0.29, 0.717) is 34.6 Å². The van der Waals surface area contributed by atoms with E-state index in [1.807, 2.05) is 41.0 Å². The normalized spacial score (nSPS) is 11.2. The van der Waals surface area contributed by atoms with Gasteiger partial charge in [-0.15, -0.1) is 10.2 Å². The van der Waals surface area contributed by atoms with E-state index in [1.54, 1.807) is 24.7 Å². The zero-order chi connectivity index (χ0) is 21.9. The summed E-state index contributed by atoms with van der Waals surface area (Å²) in [5.74, 6) is 2.18. The van der Waals surface area contributed by atoms with Gasteiger partial charge < -0.3 is 8.83 Å². The minimum Gasteiger partial charge on any atom is -0.467 e. The highest BCUT2D eigenvalue weighted by Crippen LogP contribution is 2.29. The third-order valence-electron chi connectivity index (χ3n) is 4.71. The maximum atomic E-state index is 13.2. The zero-order valence-corrected chi connectivity index (χ0v) is 18.2. The summed E-state index contributed by atoms with van der Waals surface area (Å²) in [6, 6.07) is 17.2. The average molecular weight is 467 g/mol. The molecule has 0 N–H and O–H groups in total. The van der Waals surface area contributed by atoms with Gasteiger partial charge in [-0.3, -0.25) is 4.57 Å². The molecule has 0 aliphatic rings. The highest BCUT2D eigenvalue weighted by atomic mass is 35.5. The molecule has 9 heteroatoms. The molecule has 160 valence electrons. The first kappa shape index (κ1) is 20.5. The number of oxazole rings is 1. The fourth-order valence-electron chi connectivity index (χ4n) is 3.15. The Morgan fingerprint density at radius 1 is 0.938 bits per heavy atom. The van der Waals surface area contributed by atoms with Crippen LogP contribution in [0.5, 0.6) is 0 Å². The Morgan fingerprint density at radius 3 is 2.47 bits per heavy atom. The summed E-state index contributed by atoms with van der Waals surface area (Å²) in [7, 11) is 0. The van der Waals surface area contributed by atoms with Gasteiger partial charge >= 0.3 is 0 Å². The van der Waals surface area contributed by atoms with Gasteiger partial charge in [0.2, 0.25) is 5.89 Å². The fourth-order valence-corrected chi connectivity index (χ4v) is 4.09. The number of aromatic nitrogens is 4. The van der Waals surface area contributed by atoms with Gasteiger partial charge in [0.25, 0.3) is 0 Å². The Hall–Kier alpha value is -3.36. The number of hydrogen-bond acceptors (Lipinski definition) is 6. The van der Waals surface area contributed by atoms with Crippen molar-refractivity contribution >= 4 is 23.4 Å². The van der Waals surface area contributed by atoms with E-state index in [4.69, 9.17) is 20.4 Å². The topological polar surface area (TPSA) is 69.9 Å². The Kier molecular flexibility index (Phi) is 5.79. The van der Waals surface area contributed by atoms with Gasteiger partial charge in [0.05, 0.1) is 18.5 Å². The summed E-state index contributed by atoms with van der Waals surface area (Å²) in [5, 5.41) is 10.2. The second kappa shape index (κ2) is 9.02. The molecule has 0 saturated carbocycles. The Bertz CT molecular complexity index is 1320. The fraction of sp³-hybridized carbons (Fsp3) is 0.0870. The van der Waals surface area contributed by atoms with Gasteiger partial charge in [-0.25, -0.2) is 9.37 Å². The predicted molar refractivity (Wildman–Crippen MR) is 120 cm³/mol. The summed E-state index contributed by atoms with van der Waals surface area (Å²) in [6.07, 6.45) is 3.24. The lowest BCUT2D eigenvalue weighted by atomic mass is 10.2. The van der Waals surface area contributed by atoms with E-state index in [1.165, 1.54) is 23.9 Å². The smallest absolute Gasteiger partial charge is 0.226 e. The third-order valence-corrected chi connectivity index (χ3v) is 5.96. The molecule has 0 aliphatic carbocycles. The molecule has 0 atom stereocenters. The highest BCUT2D eigenvalue weighted by molar-refractivity contribution is 7.98. The van der Waals surface area contributed by atoms with Crippen LogP contribution in [0, 0.1) is 5.82 Å². The first-order chi connectivity index (χ1) is 15.7. The molecule has 0 bridgehead atoms. The van der Waals surface area contributed by atoms with Crippen molar-refractivity contribution in [3.63, 3.8) is 0 Å². The van der Waals surface area contributed by atoms with Crippen molar-refractivity contribution in [2.45, 2.75) is 17.5 Å². The van der Waals surface area contributed by atoms with E-state index in [0.717, 1.165) is 22.2 Å². The van der Waals surface area contributed by atoms with Crippen molar-refractivity contribution < 1.29 is 13.2 Å². The monoisotopic (exact) mass is 466 g/mol. The summed E-state index contributed by atoms with van der Waals surface area (Å²) >= 11 is 7.53. The van der Waals surface area contributed by atoms with Crippen molar-refractivity contribution in [2.24, 2.45) is 0 Å².